The van der Waals surface area contributed by atoms with Crippen molar-refractivity contribution in [1.82, 2.24) is 9.88 Å². The van der Waals surface area contributed by atoms with Gasteiger partial charge in [0.15, 0.2) is 6.61 Å². The fourth-order valence-corrected chi connectivity index (χ4v) is 5.81. The first kappa shape index (κ1) is 24.5. The molecule has 2 saturated carbocycles. The molecule has 2 aliphatic carbocycles. The van der Waals surface area contributed by atoms with E-state index in [1.54, 1.807) is 12.1 Å². The average Bonchev–Trinajstić information content (AvgIpc) is 2.89. The Balaban J connectivity index is 1.27. The lowest BCUT2D eigenvalue weighted by molar-refractivity contribution is -0.158. The maximum Gasteiger partial charge on any atom is 0.309 e. The molecule has 34 heavy (non-hydrogen) atoms. The fourth-order valence-electron chi connectivity index (χ4n) is 5.81. The van der Waals surface area contributed by atoms with Gasteiger partial charge in [0.05, 0.1) is 11.5 Å². The van der Waals surface area contributed by atoms with Crippen LogP contribution in [0.4, 0.5) is 5.82 Å². The number of carbonyl (C=O) groups is 3. The Labute approximate surface area is 202 Å². The molecule has 0 spiro atoms. The van der Waals surface area contributed by atoms with Gasteiger partial charge in [-0.1, -0.05) is 38.5 Å². The molecule has 0 unspecified atom stereocenters. The lowest BCUT2D eigenvalue weighted by Crippen LogP contribution is -2.50. The minimum atomic E-state index is -0.499. The number of nitrogens with two attached hydrogens (primary N) is 1. The highest BCUT2D eigenvalue weighted by atomic mass is 16.5. The zero-order valence-electron chi connectivity index (χ0n) is 20.1. The van der Waals surface area contributed by atoms with Crippen molar-refractivity contribution in [2.45, 2.75) is 89.1 Å². The average molecular weight is 471 g/mol. The van der Waals surface area contributed by atoms with Crippen molar-refractivity contribution >= 4 is 23.6 Å². The molecule has 0 bridgehead atoms. The number of amides is 2. The van der Waals surface area contributed by atoms with Gasteiger partial charge in [-0.15, -0.1) is 0 Å². The van der Waals surface area contributed by atoms with Crippen molar-refractivity contribution in [3.8, 4) is 0 Å². The van der Waals surface area contributed by atoms with Gasteiger partial charge in [-0.3, -0.25) is 14.4 Å². The maximum absolute atomic E-state index is 13.2. The van der Waals surface area contributed by atoms with Crippen molar-refractivity contribution in [3.63, 3.8) is 0 Å². The number of pyridine rings is 1. The van der Waals surface area contributed by atoms with Crippen LogP contribution in [0.3, 0.4) is 0 Å². The summed E-state index contributed by atoms with van der Waals surface area (Å²) in [5, 5.41) is 0. The van der Waals surface area contributed by atoms with E-state index in [0.717, 1.165) is 31.5 Å². The van der Waals surface area contributed by atoms with Gasteiger partial charge in [0.25, 0.3) is 5.91 Å². The predicted octanol–water partition coefficient (Wildman–Crippen LogP) is 3.43. The molecular formula is C26H38N4O4. The Morgan fingerprint density at radius 1 is 0.912 bits per heavy atom. The van der Waals surface area contributed by atoms with Gasteiger partial charge in [-0.05, 0) is 50.7 Å². The molecule has 0 radical (unpaired) electrons. The fraction of sp³-hybridized carbons (Fsp3) is 0.692. The van der Waals surface area contributed by atoms with Gasteiger partial charge in [0.2, 0.25) is 5.91 Å². The predicted molar refractivity (Wildman–Crippen MR) is 129 cm³/mol. The third-order valence-electron chi connectivity index (χ3n) is 7.75. The molecule has 8 heteroatoms. The summed E-state index contributed by atoms with van der Waals surface area (Å²) in [6.45, 7) is 1.21. The third kappa shape index (κ3) is 6.07. The van der Waals surface area contributed by atoms with Crippen LogP contribution < -0.4 is 10.6 Å². The van der Waals surface area contributed by atoms with Crippen LogP contribution in [0.5, 0.6) is 0 Å². The normalized spacial score (nSPS) is 20.6. The Morgan fingerprint density at radius 3 is 2.00 bits per heavy atom. The number of anilines is 1. The van der Waals surface area contributed by atoms with Gasteiger partial charge in [0.1, 0.15) is 5.82 Å². The highest BCUT2D eigenvalue weighted by Crippen LogP contribution is 2.30. The van der Waals surface area contributed by atoms with Crippen LogP contribution in [0.15, 0.2) is 18.3 Å². The van der Waals surface area contributed by atoms with Crippen LogP contribution in [-0.2, 0) is 14.3 Å². The van der Waals surface area contributed by atoms with E-state index in [0.29, 0.717) is 43.6 Å². The van der Waals surface area contributed by atoms with Crippen LogP contribution in [0, 0.1) is 5.92 Å². The van der Waals surface area contributed by atoms with Crippen LogP contribution >= 0.6 is 0 Å². The first-order valence-electron chi connectivity index (χ1n) is 13.0. The maximum atomic E-state index is 13.2. The van der Waals surface area contributed by atoms with Crippen molar-refractivity contribution in [1.29, 1.82) is 0 Å². The summed E-state index contributed by atoms with van der Waals surface area (Å²) < 4.78 is 5.57. The number of piperidine rings is 1. The number of hydrogen-bond donors (Lipinski definition) is 1. The van der Waals surface area contributed by atoms with Crippen LogP contribution in [0.25, 0.3) is 0 Å². The molecule has 2 amide bonds. The summed E-state index contributed by atoms with van der Waals surface area (Å²) >= 11 is 0. The number of nitrogens with zero attached hydrogens (tertiary/aromatic N) is 3. The monoisotopic (exact) mass is 470 g/mol. The van der Waals surface area contributed by atoms with Gasteiger partial charge in [-0.25, -0.2) is 4.98 Å². The minimum absolute atomic E-state index is 0.0108. The third-order valence-corrected chi connectivity index (χ3v) is 7.75. The molecule has 1 aromatic heterocycles. The highest BCUT2D eigenvalue weighted by Gasteiger charge is 2.34. The number of rotatable bonds is 7. The first-order chi connectivity index (χ1) is 16.5. The standard InChI is InChI=1S/C26H38N4O4/c27-25(32)20-11-12-23(28-17-20)29-15-13-19(14-16-29)26(33)34-18-24(31)30(21-7-3-1-4-8-21)22-9-5-2-6-10-22/h11-12,17,19,21-22H,1-10,13-16,18H2,(H2,27,32). The summed E-state index contributed by atoms with van der Waals surface area (Å²) in [4.78, 5) is 45.7. The van der Waals surface area contributed by atoms with E-state index in [9.17, 15) is 14.4 Å². The molecule has 0 atom stereocenters. The van der Waals surface area contributed by atoms with E-state index < -0.39 is 5.91 Å². The number of hydrogen-bond acceptors (Lipinski definition) is 6. The molecule has 0 aromatic carbocycles. The molecule has 1 aromatic rings. The van der Waals surface area contributed by atoms with E-state index in [1.165, 1.54) is 44.7 Å². The number of carbonyl (C=O) groups excluding carboxylic acids is 3. The molecular weight excluding hydrogens is 432 g/mol. The number of aromatic nitrogens is 1. The number of primary amides is 1. The number of ether oxygens (including phenoxy) is 1. The Hall–Kier alpha value is -2.64. The van der Waals surface area contributed by atoms with E-state index in [1.807, 2.05) is 0 Å². The van der Waals surface area contributed by atoms with E-state index in [4.69, 9.17) is 10.5 Å². The van der Waals surface area contributed by atoms with E-state index in [-0.39, 0.29) is 24.4 Å². The molecule has 8 nitrogen and oxygen atoms in total. The van der Waals surface area contributed by atoms with Crippen molar-refractivity contribution in [3.05, 3.63) is 23.9 Å². The van der Waals surface area contributed by atoms with Crippen molar-refractivity contribution in [2.24, 2.45) is 11.7 Å². The second kappa shape index (κ2) is 11.7. The van der Waals surface area contributed by atoms with Gasteiger partial charge in [-0.2, -0.15) is 0 Å². The second-order valence-corrected chi connectivity index (χ2v) is 10.0. The molecule has 4 rings (SSSR count). The molecule has 1 aliphatic heterocycles. The smallest absolute Gasteiger partial charge is 0.309 e. The minimum Gasteiger partial charge on any atom is -0.455 e. The lowest BCUT2D eigenvalue weighted by Gasteiger charge is -2.41. The lowest BCUT2D eigenvalue weighted by atomic mass is 9.88. The summed E-state index contributed by atoms with van der Waals surface area (Å²) in [7, 11) is 0. The molecule has 186 valence electrons. The largest absolute Gasteiger partial charge is 0.455 e. The van der Waals surface area contributed by atoms with E-state index >= 15 is 0 Å². The summed E-state index contributed by atoms with van der Waals surface area (Å²) in [6, 6.07) is 4.06. The van der Waals surface area contributed by atoms with Crippen LogP contribution in [0.1, 0.15) is 87.4 Å². The molecule has 2 heterocycles. The van der Waals surface area contributed by atoms with E-state index in [2.05, 4.69) is 14.8 Å². The zero-order valence-corrected chi connectivity index (χ0v) is 20.1. The highest BCUT2D eigenvalue weighted by molar-refractivity contribution is 5.92. The van der Waals surface area contributed by atoms with Crippen molar-refractivity contribution in [2.75, 3.05) is 24.6 Å². The topological polar surface area (TPSA) is 106 Å². The summed E-state index contributed by atoms with van der Waals surface area (Å²) in [5.41, 5.74) is 5.65. The van der Waals surface area contributed by atoms with Gasteiger partial charge < -0.3 is 20.3 Å². The van der Waals surface area contributed by atoms with Gasteiger partial charge in [0, 0.05) is 31.4 Å². The van der Waals surface area contributed by atoms with Crippen LogP contribution in [0.2, 0.25) is 0 Å². The van der Waals surface area contributed by atoms with Crippen LogP contribution in [-0.4, -0.2) is 59.4 Å². The number of esters is 1. The quantitative estimate of drug-likeness (QED) is 0.612. The summed E-state index contributed by atoms with van der Waals surface area (Å²) in [6.07, 6.45) is 14.3. The molecule has 3 aliphatic rings. The zero-order chi connectivity index (χ0) is 23.9. The van der Waals surface area contributed by atoms with Gasteiger partial charge >= 0.3 is 5.97 Å². The molecule has 1 saturated heterocycles. The van der Waals surface area contributed by atoms with Crippen molar-refractivity contribution < 1.29 is 19.1 Å². The molecule has 3 fully saturated rings. The first-order valence-corrected chi connectivity index (χ1v) is 13.0. The Bertz CT molecular complexity index is 821. The summed E-state index contributed by atoms with van der Waals surface area (Å²) in [5.74, 6) is -0.212. The Kier molecular flexibility index (Phi) is 8.40. The SMILES string of the molecule is NC(=O)c1ccc(N2CCC(C(=O)OCC(=O)N(C3CCCCC3)C3CCCCC3)CC2)nc1. The Morgan fingerprint density at radius 2 is 1.50 bits per heavy atom. The molecule has 2 N–H and O–H groups in total. The second-order valence-electron chi connectivity index (χ2n) is 10.0.